The minimum atomic E-state index is -0.141. The molecule has 1 fully saturated rings. The molecule has 30 heavy (non-hydrogen) atoms. The van der Waals surface area contributed by atoms with Crippen molar-refractivity contribution in [3.8, 4) is 11.5 Å². The number of likely N-dealkylation sites (tertiary alicyclic amines) is 1. The van der Waals surface area contributed by atoms with Crippen LogP contribution in [-0.2, 0) is 16.0 Å². The smallest absolute Gasteiger partial charge is 0.258 e. The Morgan fingerprint density at radius 3 is 2.23 bits per heavy atom. The normalized spacial score (nSPS) is 14.2. The van der Waals surface area contributed by atoms with E-state index in [2.05, 4.69) is 5.32 Å². The number of carbonyl (C=O) groups excluding carboxylic acids is 2. The van der Waals surface area contributed by atoms with E-state index in [1.807, 2.05) is 54.3 Å². The Hall–Kier alpha value is -3.02. The van der Waals surface area contributed by atoms with E-state index in [4.69, 9.17) is 9.47 Å². The van der Waals surface area contributed by atoms with Crippen LogP contribution in [0.25, 0.3) is 0 Å². The van der Waals surface area contributed by atoms with Crippen molar-refractivity contribution in [1.82, 2.24) is 10.2 Å². The summed E-state index contributed by atoms with van der Waals surface area (Å²) >= 11 is 0. The third-order valence-corrected chi connectivity index (χ3v) is 5.19. The summed E-state index contributed by atoms with van der Waals surface area (Å²) in [4.78, 5) is 26.5. The third-order valence-electron chi connectivity index (χ3n) is 5.19. The molecule has 2 aromatic rings. The van der Waals surface area contributed by atoms with Gasteiger partial charge < -0.3 is 19.7 Å². The number of aryl methyl sites for hydroxylation is 1. The molecule has 6 nitrogen and oxygen atoms in total. The number of benzene rings is 2. The van der Waals surface area contributed by atoms with Crippen molar-refractivity contribution in [2.24, 2.45) is 0 Å². The van der Waals surface area contributed by atoms with E-state index in [0.29, 0.717) is 31.9 Å². The van der Waals surface area contributed by atoms with E-state index >= 15 is 0 Å². The van der Waals surface area contributed by atoms with Gasteiger partial charge in [0.25, 0.3) is 5.91 Å². The predicted octanol–water partition coefficient (Wildman–Crippen LogP) is 3.20. The van der Waals surface area contributed by atoms with Crippen LogP contribution in [0.2, 0.25) is 0 Å². The molecule has 1 saturated heterocycles. The number of piperidine rings is 1. The van der Waals surface area contributed by atoms with Crippen LogP contribution in [0.1, 0.15) is 31.7 Å². The van der Waals surface area contributed by atoms with Gasteiger partial charge in [-0.25, -0.2) is 0 Å². The Morgan fingerprint density at radius 1 is 0.967 bits per heavy atom. The Balaban J connectivity index is 1.33. The number of carbonyl (C=O) groups is 2. The van der Waals surface area contributed by atoms with Gasteiger partial charge >= 0.3 is 0 Å². The van der Waals surface area contributed by atoms with E-state index in [-0.39, 0.29) is 24.5 Å². The quantitative estimate of drug-likeness (QED) is 0.689. The maximum Gasteiger partial charge on any atom is 0.258 e. The van der Waals surface area contributed by atoms with Crippen LogP contribution in [0.5, 0.6) is 11.5 Å². The fraction of sp³-hybridized carbons (Fsp3) is 0.417. The molecule has 2 amide bonds. The lowest BCUT2D eigenvalue weighted by atomic mass is 10.0. The molecule has 6 heteroatoms. The molecule has 0 unspecified atom stereocenters. The number of hydrogen-bond acceptors (Lipinski definition) is 4. The summed E-state index contributed by atoms with van der Waals surface area (Å²) in [6, 6.07) is 17.4. The van der Waals surface area contributed by atoms with E-state index < -0.39 is 0 Å². The van der Waals surface area contributed by atoms with E-state index in [1.165, 1.54) is 5.56 Å². The number of ether oxygens (including phenoxy) is 2. The molecule has 0 radical (unpaired) electrons. The first-order valence-electron chi connectivity index (χ1n) is 10.6. The van der Waals surface area contributed by atoms with Crippen molar-refractivity contribution in [2.45, 2.75) is 38.6 Å². The Kier molecular flexibility index (Phi) is 8.12. The van der Waals surface area contributed by atoms with Crippen LogP contribution in [0.4, 0.5) is 0 Å². The predicted molar refractivity (Wildman–Crippen MR) is 116 cm³/mol. The Morgan fingerprint density at radius 2 is 1.60 bits per heavy atom. The molecule has 0 aromatic heterocycles. The summed E-state index contributed by atoms with van der Waals surface area (Å²) in [6.07, 6.45) is 2.83. The second-order valence-electron chi connectivity index (χ2n) is 7.40. The van der Waals surface area contributed by atoms with E-state index in [1.54, 1.807) is 12.1 Å². The molecule has 1 N–H and O–H groups in total. The molecule has 1 heterocycles. The van der Waals surface area contributed by atoms with Gasteiger partial charge in [-0.2, -0.15) is 0 Å². The van der Waals surface area contributed by atoms with Crippen LogP contribution in [0, 0.1) is 0 Å². The highest BCUT2D eigenvalue weighted by Crippen LogP contribution is 2.17. The van der Waals surface area contributed by atoms with Crippen molar-refractivity contribution < 1.29 is 19.1 Å². The molecule has 1 aliphatic heterocycles. The number of amides is 2. The summed E-state index contributed by atoms with van der Waals surface area (Å²) in [5.41, 5.74) is 1.18. The molecule has 160 valence electrons. The molecule has 2 aromatic carbocycles. The minimum absolute atomic E-state index is 0.0236. The first-order chi connectivity index (χ1) is 14.6. The molecule has 0 atom stereocenters. The van der Waals surface area contributed by atoms with Crippen LogP contribution >= 0.6 is 0 Å². The zero-order chi connectivity index (χ0) is 21.2. The highest BCUT2D eigenvalue weighted by molar-refractivity contribution is 5.78. The summed E-state index contributed by atoms with van der Waals surface area (Å²) in [7, 11) is 0. The molecule has 0 spiro atoms. The molecule has 0 aliphatic carbocycles. The molecule has 3 rings (SSSR count). The number of hydrogen-bond donors (Lipinski definition) is 1. The van der Waals surface area contributed by atoms with Crippen LogP contribution in [0.15, 0.2) is 54.6 Å². The monoisotopic (exact) mass is 410 g/mol. The first-order valence-corrected chi connectivity index (χ1v) is 10.6. The lowest BCUT2D eigenvalue weighted by Crippen LogP contribution is -2.47. The van der Waals surface area contributed by atoms with Gasteiger partial charge in [0.05, 0.1) is 6.61 Å². The molecule has 1 aliphatic rings. The SMILES string of the molecule is CCOc1ccc(OCC(=O)NC2CCN(C(=O)CCc3ccccc3)CC2)cc1. The van der Waals surface area contributed by atoms with Crippen LogP contribution in [0.3, 0.4) is 0 Å². The van der Waals surface area contributed by atoms with E-state index in [0.717, 1.165) is 25.0 Å². The standard InChI is InChI=1S/C24H30N2O4/c1-2-29-21-9-11-22(12-10-21)30-18-23(27)25-20-14-16-26(17-15-20)24(28)13-8-19-6-4-3-5-7-19/h3-7,9-12,20H,2,8,13-18H2,1H3,(H,25,27). The number of nitrogens with one attached hydrogen (secondary N) is 1. The number of rotatable bonds is 9. The van der Waals surface area contributed by atoms with Gasteiger partial charge in [0, 0.05) is 25.6 Å². The molecular formula is C24H30N2O4. The fourth-order valence-electron chi connectivity index (χ4n) is 3.54. The summed E-state index contributed by atoms with van der Waals surface area (Å²) < 4.78 is 10.9. The highest BCUT2D eigenvalue weighted by atomic mass is 16.5. The van der Waals surface area contributed by atoms with Crippen molar-refractivity contribution in [3.05, 3.63) is 60.2 Å². The van der Waals surface area contributed by atoms with Crippen molar-refractivity contribution in [1.29, 1.82) is 0 Å². The number of nitrogens with zero attached hydrogens (tertiary/aromatic N) is 1. The maximum absolute atomic E-state index is 12.4. The van der Waals surface area contributed by atoms with Gasteiger partial charge in [-0.1, -0.05) is 30.3 Å². The summed E-state index contributed by atoms with van der Waals surface area (Å²) in [5, 5.41) is 3.01. The minimum Gasteiger partial charge on any atom is -0.494 e. The molecule has 0 bridgehead atoms. The molecular weight excluding hydrogens is 380 g/mol. The average molecular weight is 411 g/mol. The third kappa shape index (κ3) is 6.79. The summed E-state index contributed by atoms with van der Waals surface area (Å²) in [6.45, 7) is 3.88. The zero-order valence-corrected chi connectivity index (χ0v) is 17.5. The van der Waals surface area contributed by atoms with Gasteiger partial charge in [-0.05, 0) is 56.0 Å². The van der Waals surface area contributed by atoms with Gasteiger partial charge in [0.1, 0.15) is 11.5 Å². The lowest BCUT2D eigenvalue weighted by molar-refractivity contribution is -0.132. The topological polar surface area (TPSA) is 67.9 Å². The van der Waals surface area contributed by atoms with Crippen molar-refractivity contribution in [3.63, 3.8) is 0 Å². The average Bonchev–Trinajstić information content (AvgIpc) is 2.78. The van der Waals surface area contributed by atoms with Crippen LogP contribution < -0.4 is 14.8 Å². The Bertz CT molecular complexity index is 800. The largest absolute Gasteiger partial charge is 0.494 e. The van der Waals surface area contributed by atoms with Gasteiger partial charge in [0.15, 0.2) is 6.61 Å². The van der Waals surface area contributed by atoms with Gasteiger partial charge in [-0.3, -0.25) is 9.59 Å². The van der Waals surface area contributed by atoms with Crippen molar-refractivity contribution in [2.75, 3.05) is 26.3 Å². The van der Waals surface area contributed by atoms with Gasteiger partial charge in [0.2, 0.25) is 5.91 Å². The zero-order valence-electron chi connectivity index (χ0n) is 17.5. The first kappa shape index (κ1) is 21.7. The summed E-state index contributed by atoms with van der Waals surface area (Å²) in [5.74, 6) is 1.45. The van der Waals surface area contributed by atoms with E-state index in [9.17, 15) is 9.59 Å². The Labute approximate surface area is 178 Å². The second kappa shape index (κ2) is 11.2. The molecule has 0 saturated carbocycles. The van der Waals surface area contributed by atoms with Crippen molar-refractivity contribution >= 4 is 11.8 Å². The maximum atomic E-state index is 12.4. The van der Waals surface area contributed by atoms with Gasteiger partial charge in [-0.15, -0.1) is 0 Å². The fourth-order valence-corrected chi connectivity index (χ4v) is 3.54. The lowest BCUT2D eigenvalue weighted by Gasteiger charge is -2.32. The highest BCUT2D eigenvalue weighted by Gasteiger charge is 2.23. The van der Waals surface area contributed by atoms with Crippen LogP contribution in [-0.4, -0.2) is 49.1 Å². The second-order valence-corrected chi connectivity index (χ2v) is 7.40.